The van der Waals surface area contributed by atoms with Gasteiger partial charge in [-0.3, -0.25) is 0 Å². The number of hydrogen-bond acceptors (Lipinski definition) is 4. The smallest absolute Gasteiger partial charge is 0.164 e. The predicted molar refractivity (Wildman–Crippen MR) is 232 cm³/mol. The normalized spacial score (nSPS) is 13.2. The summed E-state index contributed by atoms with van der Waals surface area (Å²) in [4.78, 5) is 14.6. The van der Waals surface area contributed by atoms with Crippen LogP contribution in [0.3, 0.4) is 0 Å². The van der Waals surface area contributed by atoms with Gasteiger partial charge in [-0.05, 0) is 66.7 Å². The molecule has 0 unspecified atom stereocenters. The first-order valence-electron chi connectivity index (χ1n) is 21.0. The van der Waals surface area contributed by atoms with E-state index in [9.17, 15) is 5.48 Å². The van der Waals surface area contributed by atoms with Crippen LogP contribution in [-0.4, -0.2) is 15.0 Å². The fourth-order valence-electron chi connectivity index (χ4n) is 7.57. The third kappa shape index (κ3) is 5.38. The molecule has 11 aromatic rings. The Morgan fingerprint density at radius 2 is 0.855 bits per heavy atom. The van der Waals surface area contributed by atoms with Crippen molar-refractivity contribution in [2.45, 2.75) is 0 Å². The number of fused-ring (bicyclic) bond motifs is 9. The molecule has 55 heavy (non-hydrogen) atoms. The molecule has 0 bridgehead atoms. The van der Waals surface area contributed by atoms with Gasteiger partial charge in [0, 0.05) is 36.9 Å². The lowest BCUT2D eigenvalue weighted by Gasteiger charge is -2.12. The maximum absolute atomic E-state index is 9.70. The molecule has 0 spiro atoms. The monoisotopic (exact) mass is 723 g/mol. The largest absolute Gasteiger partial charge is 0.208 e. The van der Waals surface area contributed by atoms with Crippen LogP contribution in [0.4, 0.5) is 0 Å². The topological polar surface area (TPSA) is 38.7 Å². The van der Waals surface area contributed by atoms with Gasteiger partial charge < -0.3 is 0 Å². The van der Waals surface area contributed by atoms with Gasteiger partial charge in [-0.2, -0.15) is 0 Å². The van der Waals surface area contributed by atoms with Crippen molar-refractivity contribution in [3.05, 3.63) is 188 Å². The molecule has 0 radical (unpaired) electrons. The molecule has 0 amide bonds. The molecule has 0 saturated carbocycles. The fourth-order valence-corrected chi connectivity index (χ4v) is 8.71. The third-order valence-electron chi connectivity index (χ3n) is 10.2. The Bertz CT molecular complexity index is 3560. The zero-order valence-corrected chi connectivity index (χ0v) is 30.0. The molecule has 0 aliphatic heterocycles. The summed E-state index contributed by atoms with van der Waals surface area (Å²) < 4.78 is 56.9. The SMILES string of the molecule is [2H]c1c([2H])c([2H])c2c(sc3c([2H])c(-c4nc(-c5ccccc5)nc(-c5ccc(-c6ccccc6)cc5)n4)c([2H])c([2H])c32)c1-c1ccc2c3ccccc3c3ccccc3c2c1. The highest BCUT2D eigenvalue weighted by Gasteiger charge is 2.17. The molecule has 0 saturated heterocycles. The van der Waals surface area contributed by atoms with E-state index in [1.807, 2.05) is 115 Å². The van der Waals surface area contributed by atoms with Gasteiger partial charge in [-0.25, -0.2) is 15.0 Å². The lowest BCUT2D eigenvalue weighted by Crippen LogP contribution is -2.00. The highest BCUT2D eigenvalue weighted by Crippen LogP contribution is 2.43. The minimum atomic E-state index is -0.278. The Balaban J connectivity index is 1.14. The van der Waals surface area contributed by atoms with Crippen LogP contribution in [0, 0.1) is 0 Å². The van der Waals surface area contributed by atoms with Crippen LogP contribution in [-0.2, 0) is 0 Å². The van der Waals surface area contributed by atoms with Crippen molar-refractivity contribution in [3.63, 3.8) is 0 Å². The summed E-state index contributed by atoms with van der Waals surface area (Å²) in [5, 5.41) is 7.01. The van der Waals surface area contributed by atoms with Crippen molar-refractivity contribution in [3.8, 4) is 56.4 Å². The first-order chi connectivity index (χ1) is 29.8. The molecular formula is C51H31N3S. The molecule has 4 heteroatoms. The maximum Gasteiger partial charge on any atom is 0.164 e. The van der Waals surface area contributed by atoms with Crippen molar-refractivity contribution in [2.24, 2.45) is 0 Å². The van der Waals surface area contributed by atoms with Crippen molar-refractivity contribution in [2.75, 3.05) is 0 Å². The molecule has 11 rings (SSSR count). The van der Waals surface area contributed by atoms with E-state index in [0.29, 0.717) is 32.2 Å². The summed E-state index contributed by atoms with van der Waals surface area (Å²) >= 11 is 1.21. The molecule has 256 valence electrons. The van der Waals surface area contributed by atoms with E-state index in [-0.39, 0.29) is 58.4 Å². The molecule has 3 nitrogen and oxygen atoms in total. The van der Waals surface area contributed by atoms with Crippen molar-refractivity contribution in [1.82, 2.24) is 15.0 Å². The lowest BCUT2D eigenvalue weighted by molar-refractivity contribution is 1.07. The van der Waals surface area contributed by atoms with Crippen LogP contribution < -0.4 is 0 Å². The third-order valence-corrected chi connectivity index (χ3v) is 11.4. The van der Waals surface area contributed by atoms with Gasteiger partial charge in [0.2, 0.25) is 0 Å². The second-order valence-electron chi connectivity index (χ2n) is 13.5. The van der Waals surface area contributed by atoms with Gasteiger partial charge in [0.15, 0.2) is 17.5 Å². The average Bonchev–Trinajstić information content (AvgIpc) is 3.72. The molecule has 0 atom stereocenters. The van der Waals surface area contributed by atoms with Crippen LogP contribution in [0.25, 0.3) is 109 Å². The summed E-state index contributed by atoms with van der Waals surface area (Å²) in [5.74, 6) is 0.802. The molecule has 0 fully saturated rings. The summed E-state index contributed by atoms with van der Waals surface area (Å²) in [5.41, 5.74) is 4.77. The van der Waals surface area contributed by atoms with Crippen LogP contribution in [0.1, 0.15) is 8.22 Å². The number of nitrogens with zero attached hydrogens (tertiary/aromatic N) is 3. The summed E-state index contributed by atoms with van der Waals surface area (Å²) in [6.07, 6.45) is 0. The number of rotatable bonds is 5. The lowest BCUT2D eigenvalue weighted by atomic mass is 9.92. The Labute approximate surface area is 330 Å². The molecular weight excluding hydrogens is 687 g/mol. The molecule has 2 heterocycles. The van der Waals surface area contributed by atoms with E-state index in [1.54, 1.807) is 0 Å². The molecule has 2 aromatic heterocycles. The van der Waals surface area contributed by atoms with Crippen LogP contribution in [0.5, 0.6) is 0 Å². The van der Waals surface area contributed by atoms with Gasteiger partial charge >= 0.3 is 0 Å². The summed E-state index contributed by atoms with van der Waals surface area (Å²) in [7, 11) is 0. The second-order valence-corrected chi connectivity index (χ2v) is 14.5. The van der Waals surface area contributed by atoms with E-state index in [4.69, 9.17) is 17.7 Å². The van der Waals surface area contributed by atoms with Crippen molar-refractivity contribution in [1.29, 1.82) is 0 Å². The summed E-state index contributed by atoms with van der Waals surface area (Å²) in [6, 6.07) is 48.9. The van der Waals surface area contributed by atoms with Gasteiger partial charge in [0.05, 0.1) is 8.22 Å². The Hall–Kier alpha value is -7.01. The number of aromatic nitrogens is 3. The van der Waals surface area contributed by atoms with E-state index < -0.39 is 0 Å². The number of thiophene rings is 1. The van der Waals surface area contributed by atoms with Crippen LogP contribution in [0.15, 0.2) is 188 Å². The van der Waals surface area contributed by atoms with E-state index in [2.05, 4.69) is 36.4 Å². The van der Waals surface area contributed by atoms with E-state index >= 15 is 0 Å². The van der Waals surface area contributed by atoms with Crippen LogP contribution >= 0.6 is 11.3 Å². The first-order valence-corrected chi connectivity index (χ1v) is 18.9. The minimum absolute atomic E-state index is 0.0628. The van der Waals surface area contributed by atoms with Gasteiger partial charge in [-0.15, -0.1) is 11.3 Å². The highest BCUT2D eigenvalue weighted by molar-refractivity contribution is 7.26. The Kier molecular flexibility index (Phi) is 6.04. The molecule has 0 N–H and O–H groups in total. The van der Waals surface area contributed by atoms with Crippen molar-refractivity contribution < 1.29 is 8.22 Å². The van der Waals surface area contributed by atoms with Crippen LogP contribution in [0.2, 0.25) is 0 Å². The zero-order valence-electron chi connectivity index (χ0n) is 35.2. The van der Waals surface area contributed by atoms with E-state index in [0.717, 1.165) is 54.6 Å². The molecule has 0 aliphatic carbocycles. The molecule has 9 aromatic carbocycles. The van der Waals surface area contributed by atoms with Gasteiger partial charge in [0.1, 0.15) is 0 Å². The zero-order chi connectivity index (χ0) is 41.5. The summed E-state index contributed by atoms with van der Waals surface area (Å²) in [6.45, 7) is 0. The Morgan fingerprint density at radius 1 is 0.364 bits per heavy atom. The first kappa shape index (κ1) is 25.9. The highest BCUT2D eigenvalue weighted by atomic mass is 32.1. The van der Waals surface area contributed by atoms with Gasteiger partial charge in [-0.1, -0.05) is 176 Å². The fraction of sp³-hybridized carbons (Fsp3) is 0. The van der Waals surface area contributed by atoms with E-state index in [1.165, 1.54) is 11.3 Å². The minimum Gasteiger partial charge on any atom is -0.208 e. The quantitative estimate of drug-likeness (QED) is 0.166. The second kappa shape index (κ2) is 12.8. The van der Waals surface area contributed by atoms with Gasteiger partial charge in [0.25, 0.3) is 0 Å². The Morgan fingerprint density at radius 3 is 1.51 bits per heavy atom. The maximum atomic E-state index is 9.70. The average molecular weight is 724 g/mol. The predicted octanol–water partition coefficient (Wildman–Crippen LogP) is 14.0. The molecule has 0 aliphatic rings. The number of benzene rings is 9. The standard InChI is InChI=1S/C51H31N3S/c1-3-12-32(13-4-1)33-22-24-35(25-23-33)50-52-49(34-14-5-2-6-15-34)53-51(54-50)37-27-29-44-45-21-11-20-38(48(45)55-47(44)31-37)36-26-28-43-41-18-8-7-16-39(41)40-17-9-10-19-42(40)46(43)30-36/h1-31H/i11D,20D,21D,27D,29D,31D. The van der Waals surface area contributed by atoms with Crippen molar-refractivity contribution >= 4 is 63.8 Å². The number of hydrogen-bond donors (Lipinski definition) is 0.